The first-order valence-corrected chi connectivity index (χ1v) is 23.8. The molecule has 0 aliphatic carbocycles. The Bertz CT molecular complexity index is 3690. The van der Waals surface area contributed by atoms with Crippen LogP contribution in [0.1, 0.15) is 5.56 Å². The lowest BCUT2D eigenvalue weighted by atomic mass is 9.92. The van der Waals surface area contributed by atoms with Crippen molar-refractivity contribution in [3.63, 3.8) is 0 Å². The topological polar surface area (TPSA) is 19.6 Å². The highest BCUT2D eigenvalue weighted by molar-refractivity contribution is 6.11. The maximum atomic E-state index is 6.68. The van der Waals surface area contributed by atoms with E-state index in [0.717, 1.165) is 79.8 Å². The van der Waals surface area contributed by atoms with Crippen LogP contribution in [0.5, 0.6) is 0 Å². The molecule has 12 rings (SSSR count). The Balaban J connectivity index is 0.986. The monoisotopic (exact) mass is 884 g/mol. The number of rotatable bonds is 9. The van der Waals surface area contributed by atoms with Crippen LogP contribution >= 0.6 is 0 Å². The third kappa shape index (κ3) is 8.00. The molecule has 10 aromatic carbocycles. The highest BCUT2D eigenvalue weighted by Gasteiger charge is 2.23. The van der Waals surface area contributed by atoms with Crippen molar-refractivity contribution in [1.29, 1.82) is 0 Å². The van der Waals surface area contributed by atoms with E-state index in [0.29, 0.717) is 0 Å². The van der Waals surface area contributed by atoms with Crippen LogP contribution in [0.3, 0.4) is 0 Å². The summed E-state index contributed by atoms with van der Waals surface area (Å²) in [4.78, 5) is 4.86. The molecule has 0 saturated heterocycles. The number of anilines is 5. The fourth-order valence-electron chi connectivity index (χ4n) is 10.1. The van der Waals surface area contributed by atoms with Crippen molar-refractivity contribution in [2.24, 2.45) is 0 Å². The second kappa shape index (κ2) is 18.4. The second-order valence-corrected chi connectivity index (χ2v) is 17.5. The van der Waals surface area contributed by atoms with Crippen LogP contribution in [0.15, 0.2) is 271 Å². The third-order valence-electron chi connectivity index (χ3n) is 13.4. The number of furan rings is 1. The lowest BCUT2D eigenvalue weighted by Gasteiger charge is -2.29. The Morgan fingerprint density at radius 1 is 0.362 bits per heavy atom. The van der Waals surface area contributed by atoms with E-state index in [4.69, 9.17) is 4.42 Å². The van der Waals surface area contributed by atoms with Gasteiger partial charge in [-0.25, -0.2) is 0 Å². The minimum Gasteiger partial charge on any atom is -0.455 e. The van der Waals surface area contributed by atoms with Gasteiger partial charge in [-0.2, -0.15) is 0 Å². The lowest BCUT2D eigenvalue weighted by molar-refractivity contribution is 0.670. The van der Waals surface area contributed by atoms with E-state index >= 15 is 0 Å². The fourth-order valence-corrected chi connectivity index (χ4v) is 10.1. The summed E-state index contributed by atoms with van der Waals surface area (Å²) in [5, 5.41) is 2.22. The Kier molecular flexibility index (Phi) is 11.1. The highest BCUT2D eigenvalue weighted by atomic mass is 16.3. The summed E-state index contributed by atoms with van der Waals surface area (Å²) < 4.78 is 6.68. The maximum Gasteiger partial charge on any atom is 0.143 e. The average molecular weight is 885 g/mol. The standard InChI is InChI=1S/C66H48N2O/c1-2-17-44-67(62-36-13-7-24-49(62)23-4-1)63-37-14-10-31-57(63)56-30-9-8-29-55(56)48-40-42-53(43-41-48)68(54-28-19-27-52(46-54)51-26-18-25-50(45-51)47-21-5-3-6-22-47)64-38-15-11-32-58(64)60-34-20-35-61-59-33-12-16-39-65(59)69-66(60)61/h1-22,24-43,45-46H,23,44H2. The number of hydrogen-bond donors (Lipinski definition) is 0. The lowest BCUT2D eigenvalue weighted by Crippen LogP contribution is -2.19. The quantitative estimate of drug-likeness (QED) is 0.144. The van der Waals surface area contributed by atoms with E-state index in [9.17, 15) is 0 Å². The fraction of sp³-hybridized carbons (Fsp3) is 0.0303. The molecule has 1 aromatic heterocycles. The van der Waals surface area contributed by atoms with Crippen molar-refractivity contribution in [3.05, 3.63) is 273 Å². The number of hydrogen-bond acceptors (Lipinski definition) is 3. The average Bonchev–Trinajstić information content (AvgIpc) is 3.85. The summed E-state index contributed by atoms with van der Waals surface area (Å²) >= 11 is 0. The van der Waals surface area contributed by atoms with E-state index in [1.807, 2.05) is 6.07 Å². The van der Waals surface area contributed by atoms with Crippen LogP contribution in [-0.2, 0) is 6.42 Å². The minimum absolute atomic E-state index is 0.761. The molecular weight excluding hydrogens is 837 g/mol. The molecule has 0 fully saturated rings. The van der Waals surface area contributed by atoms with Gasteiger partial charge in [0, 0.05) is 56.8 Å². The number of nitrogens with zero attached hydrogens (tertiary/aromatic N) is 2. The van der Waals surface area contributed by atoms with Crippen molar-refractivity contribution >= 4 is 50.4 Å². The van der Waals surface area contributed by atoms with E-state index in [1.165, 1.54) is 44.8 Å². The van der Waals surface area contributed by atoms with Crippen LogP contribution in [0.2, 0.25) is 0 Å². The van der Waals surface area contributed by atoms with Gasteiger partial charge in [0.15, 0.2) is 0 Å². The molecule has 0 spiro atoms. The number of benzene rings is 10. The second-order valence-electron chi connectivity index (χ2n) is 17.5. The first-order chi connectivity index (χ1) is 34.2. The first kappa shape index (κ1) is 41.5. The van der Waals surface area contributed by atoms with E-state index in [-0.39, 0.29) is 0 Å². The van der Waals surface area contributed by atoms with Gasteiger partial charge in [0.1, 0.15) is 11.2 Å². The largest absolute Gasteiger partial charge is 0.455 e. The normalized spacial score (nSPS) is 12.4. The van der Waals surface area contributed by atoms with Gasteiger partial charge in [-0.05, 0) is 106 Å². The molecule has 0 unspecified atom stereocenters. The smallest absolute Gasteiger partial charge is 0.143 e. The molecule has 3 nitrogen and oxygen atoms in total. The van der Waals surface area contributed by atoms with Gasteiger partial charge in [0.2, 0.25) is 0 Å². The van der Waals surface area contributed by atoms with Crippen molar-refractivity contribution in [2.45, 2.75) is 6.42 Å². The van der Waals surface area contributed by atoms with Crippen LogP contribution in [-0.4, -0.2) is 6.54 Å². The van der Waals surface area contributed by atoms with Crippen molar-refractivity contribution in [2.75, 3.05) is 16.3 Å². The zero-order valence-corrected chi connectivity index (χ0v) is 38.1. The van der Waals surface area contributed by atoms with Crippen molar-refractivity contribution in [1.82, 2.24) is 0 Å². The molecule has 11 aromatic rings. The predicted octanol–water partition coefficient (Wildman–Crippen LogP) is 18.2. The number of para-hydroxylation sites is 5. The van der Waals surface area contributed by atoms with Gasteiger partial charge >= 0.3 is 0 Å². The molecule has 0 saturated carbocycles. The predicted molar refractivity (Wildman–Crippen MR) is 291 cm³/mol. The summed E-state index contributed by atoms with van der Waals surface area (Å²) in [6.45, 7) is 0.761. The summed E-state index contributed by atoms with van der Waals surface area (Å²) in [5.41, 5.74) is 20.1. The minimum atomic E-state index is 0.761. The van der Waals surface area contributed by atoms with Crippen LogP contribution in [0, 0.1) is 0 Å². The zero-order chi connectivity index (χ0) is 45.9. The van der Waals surface area contributed by atoms with Crippen LogP contribution in [0.4, 0.5) is 28.4 Å². The maximum absolute atomic E-state index is 6.68. The van der Waals surface area contributed by atoms with Gasteiger partial charge < -0.3 is 14.2 Å². The molecule has 0 N–H and O–H groups in total. The van der Waals surface area contributed by atoms with Crippen LogP contribution in [0.25, 0.3) is 77.6 Å². The summed E-state index contributed by atoms with van der Waals surface area (Å²) in [7, 11) is 0. The highest BCUT2D eigenvalue weighted by Crippen LogP contribution is 2.46. The van der Waals surface area contributed by atoms with Gasteiger partial charge in [-0.15, -0.1) is 0 Å². The molecule has 0 amide bonds. The molecule has 69 heavy (non-hydrogen) atoms. The van der Waals surface area contributed by atoms with Gasteiger partial charge in [-0.3, -0.25) is 0 Å². The molecule has 2 heterocycles. The molecule has 1 aliphatic rings. The van der Waals surface area contributed by atoms with Crippen molar-refractivity contribution < 1.29 is 4.42 Å². The molecule has 0 atom stereocenters. The summed E-state index contributed by atoms with van der Waals surface area (Å²) in [5.74, 6) is 0. The van der Waals surface area contributed by atoms with Gasteiger partial charge in [0.25, 0.3) is 0 Å². The molecule has 3 heteroatoms. The molecule has 0 bridgehead atoms. The number of allylic oxidation sites excluding steroid dienone is 3. The summed E-state index contributed by atoms with van der Waals surface area (Å²) in [6.07, 6.45) is 9.70. The summed E-state index contributed by atoms with van der Waals surface area (Å²) in [6, 6.07) is 87.5. The van der Waals surface area contributed by atoms with Gasteiger partial charge in [0.05, 0.1) is 5.69 Å². The SMILES string of the molecule is C1=CCc2ccccc2N(c2ccccc2-c2ccccc2-c2ccc(N(c3cccc(-c4cccc(-c5ccccc5)c4)c3)c3ccccc3-c3cccc4c3oc3ccccc34)cc2)CC=C1. The molecule has 328 valence electrons. The zero-order valence-electron chi connectivity index (χ0n) is 38.1. The van der Waals surface area contributed by atoms with E-state index < -0.39 is 0 Å². The first-order valence-electron chi connectivity index (χ1n) is 23.8. The van der Waals surface area contributed by atoms with Gasteiger partial charge in [-0.1, -0.05) is 212 Å². The Labute approximate surface area is 403 Å². The molecule has 1 aliphatic heterocycles. The third-order valence-corrected chi connectivity index (χ3v) is 13.4. The Morgan fingerprint density at radius 2 is 0.957 bits per heavy atom. The van der Waals surface area contributed by atoms with E-state index in [1.54, 1.807) is 0 Å². The molecular formula is C66H48N2O. The Morgan fingerprint density at radius 3 is 1.81 bits per heavy atom. The van der Waals surface area contributed by atoms with Crippen LogP contribution < -0.4 is 9.80 Å². The Hall–Kier alpha value is -8.92. The van der Waals surface area contributed by atoms with Crippen molar-refractivity contribution in [3.8, 4) is 55.6 Å². The van der Waals surface area contributed by atoms with E-state index in [2.05, 4.69) is 271 Å². The molecule has 0 radical (unpaired) electrons. The number of fused-ring (bicyclic) bond motifs is 4.